The number of nitrogens with zero attached hydrogens (tertiary/aromatic N) is 2. The van der Waals surface area contributed by atoms with Gasteiger partial charge >= 0.3 is 6.18 Å². The fourth-order valence-electron chi connectivity index (χ4n) is 3.35. The highest BCUT2D eigenvalue weighted by atomic mass is 19.4. The van der Waals surface area contributed by atoms with E-state index < -0.39 is 17.6 Å². The number of H-pyrrole nitrogens is 1. The van der Waals surface area contributed by atoms with Crippen LogP contribution in [0.15, 0.2) is 36.8 Å². The molecule has 2 heterocycles. The Labute approximate surface area is 154 Å². The molecule has 0 saturated carbocycles. The van der Waals surface area contributed by atoms with Gasteiger partial charge in [-0.05, 0) is 31.5 Å². The summed E-state index contributed by atoms with van der Waals surface area (Å²) in [5, 5.41) is 0. The molecule has 0 aliphatic heterocycles. The number of primary amides is 1. The summed E-state index contributed by atoms with van der Waals surface area (Å²) >= 11 is 0. The maximum absolute atomic E-state index is 12.8. The van der Waals surface area contributed by atoms with Crippen LogP contribution in [0.4, 0.5) is 13.2 Å². The second-order valence-electron chi connectivity index (χ2n) is 6.34. The lowest BCUT2D eigenvalue weighted by Crippen LogP contribution is -2.14. The van der Waals surface area contributed by atoms with Crippen LogP contribution in [0.2, 0.25) is 0 Å². The van der Waals surface area contributed by atoms with Gasteiger partial charge in [0.2, 0.25) is 0 Å². The highest BCUT2D eigenvalue weighted by molar-refractivity contribution is 6.02. The molecule has 0 radical (unpaired) electrons. The van der Waals surface area contributed by atoms with E-state index >= 15 is 0 Å². The van der Waals surface area contributed by atoms with Gasteiger partial charge in [-0.15, -0.1) is 0 Å². The van der Waals surface area contributed by atoms with Crippen molar-refractivity contribution in [1.82, 2.24) is 14.5 Å². The van der Waals surface area contributed by atoms with Crippen LogP contribution in [0.3, 0.4) is 0 Å². The van der Waals surface area contributed by atoms with E-state index in [1.165, 1.54) is 12.1 Å². The van der Waals surface area contributed by atoms with Gasteiger partial charge in [0.15, 0.2) is 0 Å². The standard InChI is InChI=1S/C19H19F3N4O/c1-11-16(13-3-5-14(6-4-13)19(20,21)22)17(18(23)27)12(2)26(11)8-7-15-9-24-10-25-15/h3-6,9-10H,7-8H2,1-2H3,(H2,23,27)(H,24,25). The summed E-state index contributed by atoms with van der Waals surface area (Å²) < 4.78 is 40.4. The van der Waals surface area contributed by atoms with Crippen LogP contribution >= 0.6 is 0 Å². The number of nitrogens with one attached hydrogen (secondary N) is 1. The molecule has 0 unspecified atom stereocenters. The number of alkyl halides is 3. The third-order valence-electron chi connectivity index (χ3n) is 4.69. The Hall–Kier alpha value is -3.03. The highest BCUT2D eigenvalue weighted by Crippen LogP contribution is 2.35. The summed E-state index contributed by atoms with van der Waals surface area (Å²) in [7, 11) is 0. The molecule has 0 atom stereocenters. The molecule has 3 N–H and O–H groups in total. The van der Waals surface area contributed by atoms with E-state index in [-0.39, 0.29) is 0 Å². The molecule has 0 bridgehead atoms. The summed E-state index contributed by atoms with van der Waals surface area (Å²) in [4.78, 5) is 19.0. The molecule has 0 aliphatic rings. The molecule has 0 fully saturated rings. The van der Waals surface area contributed by atoms with Crippen LogP contribution in [0.25, 0.3) is 11.1 Å². The Morgan fingerprint density at radius 1 is 1.19 bits per heavy atom. The average Bonchev–Trinajstić information content (AvgIpc) is 3.19. The van der Waals surface area contributed by atoms with Crippen LogP contribution in [-0.4, -0.2) is 20.4 Å². The van der Waals surface area contributed by atoms with Crippen molar-refractivity contribution in [2.75, 3.05) is 0 Å². The van der Waals surface area contributed by atoms with Gasteiger partial charge in [0.05, 0.1) is 17.5 Å². The molecular weight excluding hydrogens is 357 g/mol. The molecule has 3 aromatic rings. The van der Waals surface area contributed by atoms with E-state index in [9.17, 15) is 18.0 Å². The molecule has 3 rings (SSSR count). The minimum absolute atomic E-state index is 0.330. The van der Waals surface area contributed by atoms with Gasteiger partial charge in [-0.1, -0.05) is 12.1 Å². The molecule has 5 nitrogen and oxygen atoms in total. The summed E-state index contributed by atoms with van der Waals surface area (Å²) in [6.07, 6.45) is -0.430. The Bertz CT molecular complexity index is 954. The smallest absolute Gasteiger partial charge is 0.366 e. The van der Waals surface area contributed by atoms with Gasteiger partial charge in [-0.2, -0.15) is 13.2 Å². The molecule has 0 aliphatic carbocycles. The third-order valence-corrected chi connectivity index (χ3v) is 4.69. The van der Waals surface area contributed by atoms with E-state index in [0.717, 1.165) is 23.5 Å². The quantitative estimate of drug-likeness (QED) is 0.709. The summed E-state index contributed by atoms with van der Waals surface area (Å²) in [5.74, 6) is -0.606. The Kier molecular flexibility index (Phi) is 4.82. The van der Waals surface area contributed by atoms with Crippen molar-refractivity contribution in [1.29, 1.82) is 0 Å². The number of imidazole rings is 1. The first-order chi connectivity index (χ1) is 12.7. The van der Waals surface area contributed by atoms with Crippen molar-refractivity contribution in [3.8, 4) is 11.1 Å². The fourth-order valence-corrected chi connectivity index (χ4v) is 3.35. The number of hydrogen-bond acceptors (Lipinski definition) is 2. The number of aryl methyl sites for hydroxylation is 1. The fraction of sp³-hybridized carbons (Fsp3) is 0.263. The molecular formula is C19H19F3N4O. The third kappa shape index (κ3) is 3.60. The number of aromatic nitrogens is 3. The average molecular weight is 376 g/mol. The molecule has 142 valence electrons. The summed E-state index contributed by atoms with van der Waals surface area (Å²) in [6, 6.07) is 4.76. The first-order valence-electron chi connectivity index (χ1n) is 8.34. The van der Waals surface area contributed by atoms with E-state index in [4.69, 9.17) is 5.73 Å². The van der Waals surface area contributed by atoms with E-state index in [1.807, 2.05) is 11.5 Å². The second kappa shape index (κ2) is 6.94. The zero-order valence-electron chi connectivity index (χ0n) is 14.9. The van der Waals surface area contributed by atoms with Crippen molar-refractivity contribution in [2.24, 2.45) is 5.73 Å². The number of carbonyl (C=O) groups is 1. The van der Waals surface area contributed by atoms with Crippen molar-refractivity contribution in [2.45, 2.75) is 33.0 Å². The predicted octanol–water partition coefficient (Wildman–Crippen LogP) is 3.86. The summed E-state index contributed by atoms with van der Waals surface area (Å²) in [6.45, 7) is 4.20. The van der Waals surface area contributed by atoms with Crippen LogP contribution in [0.1, 0.15) is 33.0 Å². The summed E-state index contributed by atoms with van der Waals surface area (Å²) in [5.41, 5.74) is 8.68. The molecule has 2 aromatic heterocycles. The van der Waals surface area contributed by atoms with Crippen LogP contribution in [-0.2, 0) is 19.1 Å². The van der Waals surface area contributed by atoms with Crippen LogP contribution < -0.4 is 5.73 Å². The topological polar surface area (TPSA) is 76.7 Å². The Morgan fingerprint density at radius 3 is 2.37 bits per heavy atom. The monoisotopic (exact) mass is 376 g/mol. The largest absolute Gasteiger partial charge is 0.416 e. The van der Waals surface area contributed by atoms with Crippen molar-refractivity contribution in [3.05, 3.63) is 65.0 Å². The molecule has 0 saturated heterocycles. The number of benzene rings is 1. The van der Waals surface area contributed by atoms with Gasteiger partial charge in [-0.3, -0.25) is 4.79 Å². The Morgan fingerprint density at radius 2 is 1.85 bits per heavy atom. The first kappa shape index (κ1) is 18.8. The highest BCUT2D eigenvalue weighted by Gasteiger charge is 2.30. The van der Waals surface area contributed by atoms with Crippen molar-refractivity contribution >= 4 is 5.91 Å². The van der Waals surface area contributed by atoms with Crippen LogP contribution in [0, 0.1) is 13.8 Å². The Balaban J connectivity index is 2.03. The zero-order chi connectivity index (χ0) is 19.8. The van der Waals surface area contributed by atoms with E-state index in [2.05, 4.69) is 9.97 Å². The molecule has 27 heavy (non-hydrogen) atoms. The number of hydrogen-bond donors (Lipinski definition) is 2. The SMILES string of the molecule is Cc1c(C(N)=O)c(-c2ccc(C(F)(F)F)cc2)c(C)n1CCc1cnc[nH]1. The molecule has 1 aromatic carbocycles. The number of aromatic amines is 1. The maximum Gasteiger partial charge on any atom is 0.416 e. The number of halogens is 3. The van der Waals surface area contributed by atoms with E-state index in [1.54, 1.807) is 19.4 Å². The van der Waals surface area contributed by atoms with Crippen molar-refractivity contribution in [3.63, 3.8) is 0 Å². The minimum Gasteiger partial charge on any atom is -0.366 e. The number of carbonyl (C=O) groups excluding carboxylic acids is 1. The van der Waals surface area contributed by atoms with Gasteiger partial charge in [0, 0.05) is 41.8 Å². The van der Waals surface area contributed by atoms with Gasteiger partial charge < -0.3 is 15.3 Å². The van der Waals surface area contributed by atoms with Gasteiger partial charge in [0.1, 0.15) is 0 Å². The molecule has 1 amide bonds. The lowest BCUT2D eigenvalue weighted by atomic mass is 9.99. The lowest BCUT2D eigenvalue weighted by Gasteiger charge is -2.10. The number of amides is 1. The lowest BCUT2D eigenvalue weighted by molar-refractivity contribution is -0.137. The van der Waals surface area contributed by atoms with Gasteiger partial charge in [0.25, 0.3) is 5.91 Å². The molecule has 0 spiro atoms. The van der Waals surface area contributed by atoms with Crippen molar-refractivity contribution < 1.29 is 18.0 Å². The van der Waals surface area contributed by atoms with Gasteiger partial charge in [-0.25, -0.2) is 4.98 Å². The minimum atomic E-state index is -4.41. The van der Waals surface area contributed by atoms with E-state index in [0.29, 0.717) is 35.3 Å². The van der Waals surface area contributed by atoms with Crippen LogP contribution in [0.5, 0.6) is 0 Å². The predicted molar refractivity (Wildman–Crippen MR) is 95.2 cm³/mol. The first-order valence-corrected chi connectivity index (χ1v) is 8.34. The number of nitrogens with two attached hydrogens (primary N) is 1. The number of rotatable bonds is 5. The normalized spacial score (nSPS) is 11.7. The zero-order valence-corrected chi connectivity index (χ0v) is 14.9. The maximum atomic E-state index is 12.8. The molecule has 8 heteroatoms. The second-order valence-corrected chi connectivity index (χ2v) is 6.34.